The van der Waals surface area contributed by atoms with Crippen LogP contribution in [0, 0.1) is 13.8 Å². The van der Waals surface area contributed by atoms with Crippen LogP contribution < -0.4 is 0 Å². The molecular formula is C11H9ClO2. The molecule has 0 saturated carbocycles. The van der Waals surface area contributed by atoms with Crippen LogP contribution in [0.2, 0.25) is 5.02 Å². The van der Waals surface area contributed by atoms with Crippen LogP contribution in [0.5, 0.6) is 0 Å². The van der Waals surface area contributed by atoms with E-state index in [1.54, 1.807) is 0 Å². The van der Waals surface area contributed by atoms with Gasteiger partial charge < -0.3 is 4.42 Å². The molecule has 0 amide bonds. The molecule has 0 fully saturated rings. The molecule has 2 nitrogen and oxygen atoms in total. The van der Waals surface area contributed by atoms with Gasteiger partial charge in [-0.3, -0.25) is 4.79 Å². The molecular weight excluding hydrogens is 200 g/mol. The number of aldehydes is 1. The highest BCUT2D eigenvalue weighted by molar-refractivity contribution is 6.37. The van der Waals surface area contributed by atoms with Gasteiger partial charge in [-0.25, -0.2) is 0 Å². The van der Waals surface area contributed by atoms with Gasteiger partial charge in [-0.2, -0.15) is 0 Å². The third-order valence-electron chi connectivity index (χ3n) is 2.19. The van der Waals surface area contributed by atoms with E-state index >= 15 is 0 Å². The van der Waals surface area contributed by atoms with Gasteiger partial charge in [0.05, 0.1) is 5.02 Å². The Labute approximate surface area is 86.5 Å². The Balaban J connectivity index is 2.91. The van der Waals surface area contributed by atoms with Crippen molar-refractivity contribution >= 4 is 28.9 Å². The predicted molar refractivity (Wildman–Crippen MR) is 56.1 cm³/mol. The lowest BCUT2D eigenvalue weighted by Crippen LogP contribution is -1.76. The molecule has 1 aromatic carbocycles. The van der Waals surface area contributed by atoms with Crippen molar-refractivity contribution in [1.29, 1.82) is 0 Å². The highest BCUT2D eigenvalue weighted by Gasteiger charge is 2.13. The SMILES string of the molecule is Cc1cc(C)c2oc(C=O)c(Cl)c2c1. The first kappa shape index (κ1) is 9.28. The van der Waals surface area contributed by atoms with E-state index in [4.69, 9.17) is 16.0 Å². The monoisotopic (exact) mass is 208 g/mol. The van der Waals surface area contributed by atoms with E-state index in [9.17, 15) is 4.79 Å². The lowest BCUT2D eigenvalue weighted by Gasteiger charge is -1.96. The summed E-state index contributed by atoms with van der Waals surface area (Å²) in [4.78, 5) is 10.6. The van der Waals surface area contributed by atoms with Gasteiger partial charge in [0, 0.05) is 5.39 Å². The molecule has 0 bridgehead atoms. The van der Waals surface area contributed by atoms with Crippen molar-refractivity contribution in [2.75, 3.05) is 0 Å². The van der Waals surface area contributed by atoms with E-state index < -0.39 is 0 Å². The molecule has 1 heterocycles. The molecule has 0 radical (unpaired) electrons. The van der Waals surface area contributed by atoms with Crippen molar-refractivity contribution in [1.82, 2.24) is 0 Å². The Morgan fingerprint density at radius 2 is 2.07 bits per heavy atom. The molecule has 0 N–H and O–H groups in total. The second kappa shape index (κ2) is 3.14. The number of halogens is 1. The average Bonchev–Trinajstić information content (AvgIpc) is 2.44. The fourth-order valence-corrected chi connectivity index (χ4v) is 1.84. The van der Waals surface area contributed by atoms with Gasteiger partial charge in [0.2, 0.25) is 0 Å². The van der Waals surface area contributed by atoms with E-state index in [1.807, 2.05) is 26.0 Å². The fraction of sp³-hybridized carbons (Fsp3) is 0.182. The number of carbonyl (C=O) groups excluding carboxylic acids is 1. The summed E-state index contributed by atoms with van der Waals surface area (Å²) in [6.07, 6.45) is 0.636. The van der Waals surface area contributed by atoms with Gasteiger partial charge in [0.25, 0.3) is 0 Å². The Kier molecular flexibility index (Phi) is 2.08. The Morgan fingerprint density at radius 1 is 1.36 bits per heavy atom. The topological polar surface area (TPSA) is 30.2 Å². The summed E-state index contributed by atoms with van der Waals surface area (Å²) >= 11 is 5.98. The minimum absolute atomic E-state index is 0.204. The molecule has 0 atom stereocenters. The van der Waals surface area contributed by atoms with E-state index in [0.29, 0.717) is 16.9 Å². The third-order valence-corrected chi connectivity index (χ3v) is 2.58. The molecule has 14 heavy (non-hydrogen) atoms. The van der Waals surface area contributed by atoms with Crippen LogP contribution in [0.1, 0.15) is 21.7 Å². The Morgan fingerprint density at radius 3 is 2.71 bits per heavy atom. The zero-order valence-electron chi connectivity index (χ0n) is 7.93. The molecule has 2 aromatic rings. The molecule has 1 aromatic heterocycles. The summed E-state index contributed by atoms with van der Waals surface area (Å²) in [7, 11) is 0. The van der Waals surface area contributed by atoms with Crippen LogP contribution >= 0.6 is 11.6 Å². The highest BCUT2D eigenvalue weighted by Crippen LogP contribution is 2.32. The van der Waals surface area contributed by atoms with E-state index in [0.717, 1.165) is 16.5 Å². The third kappa shape index (κ3) is 1.23. The minimum Gasteiger partial charge on any atom is -0.451 e. The van der Waals surface area contributed by atoms with Crippen molar-refractivity contribution in [3.05, 3.63) is 34.0 Å². The van der Waals surface area contributed by atoms with Crippen LogP contribution in [-0.2, 0) is 0 Å². The summed E-state index contributed by atoms with van der Waals surface area (Å²) in [5, 5.41) is 1.22. The maximum Gasteiger partial charge on any atom is 0.186 e. The molecule has 0 aliphatic rings. The number of hydrogen-bond acceptors (Lipinski definition) is 2. The van der Waals surface area contributed by atoms with Crippen LogP contribution in [0.25, 0.3) is 11.0 Å². The quantitative estimate of drug-likeness (QED) is 0.672. The first-order valence-corrected chi connectivity index (χ1v) is 4.65. The molecule has 0 aliphatic heterocycles. The van der Waals surface area contributed by atoms with Crippen LogP contribution in [0.3, 0.4) is 0 Å². The van der Waals surface area contributed by atoms with Gasteiger partial charge in [0.15, 0.2) is 12.0 Å². The number of aryl methyl sites for hydroxylation is 2. The van der Waals surface area contributed by atoms with Gasteiger partial charge in [-0.1, -0.05) is 17.7 Å². The summed E-state index contributed by atoms with van der Waals surface area (Å²) in [5.74, 6) is 0.204. The number of fused-ring (bicyclic) bond motifs is 1. The van der Waals surface area contributed by atoms with Crippen LogP contribution in [0.4, 0.5) is 0 Å². The van der Waals surface area contributed by atoms with Crippen LogP contribution in [0.15, 0.2) is 16.5 Å². The van der Waals surface area contributed by atoms with Crippen molar-refractivity contribution in [3.8, 4) is 0 Å². The van der Waals surface area contributed by atoms with Gasteiger partial charge >= 0.3 is 0 Å². The highest BCUT2D eigenvalue weighted by atomic mass is 35.5. The predicted octanol–water partition coefficient (Wildman–Crippen LogP) is 3.52. The maximum atomic E-state index is 10.6. The molecule has 72 valence electrons. The number of benzene rings is 1. The van der Waals surface area contributed by atoms with E-state index in [2.05, 4.69) is 0 Å². The van der Waals surface area contributed by atoms with Crippen molar-refractivity contribution in [2.24, 2.45) is 0 Å². The summed E-state index contributed by atoms with van der Waals surface area (Å²) < 4.78 is 5.33. The first-order valence-electron chi connectivity index (χ1n) is 4.28. The van der Waals surface area contributed by atoms with Crippen molar-refractivity contribution < 1.29 is 9.21 Å². The molecule has 0 unspecified atom stereocenters. The van der Waals surface area contributed by atoms with Crippen molar-refractivity contribution in [3.63, 3.8) is 0 Å². The van der Waals surface area contributed by atoms with E-state index in [1.165, 1.54) is 0 Å². The molecule has 0 saturated heterocycles. The Bertz CT molecular complexity index is 511. The summed E-state index contributed by atoms with van der Waals surface area (Å²) in [6, 6.07) is 3.91. The zero-order chi connectivity index (χ0) is 10.3. The second-order valence-corrected chi connectivity index (χ2v) is 3.73. The summed E-state index contributed by atoms with van der Waals surface area (Å²) in [5.41, 5.74) is 2.80. The van der Waals surface area contributed by atoms with Crippen molar-refractivity contribution in [2.45, 2.75) is 13.8 Å². The zero-order valence-corrected chi connectivity index (χ0v) is 8.68. The van der Waals surface area contributed by atoms with E-state index in [-0.39, 0.29) is 5.76 Å². The second-order valence-electron chi connectivity index (χ2n) is 3.36. The fourth-order valence-electron chi connectivity index (χ4n) is 1.62. The maximum absolute atomic E-state index is 10.6. The normalized spacial score (nSPS) is 10.8. The summed E-state index contributed by atoms with van der Waals surface area (Å²) in [6.45, 7) is 3.92. The molecule has 0 spiro atoms. The number of hydrogen-bond donors (Lipinski definition) is 0. The lowest BCUT2D eigenvalue weighted by molar-refractivity contribution is 0.110. The Hall–Kier alpha value is -1.28. The lowest BCUT2D eigenvalue weighted by atomic mass is 10.1. The van der Waals surface area contributed by atoms with Gasteiger partial charge in [-0.15, -0.1) is 0 Å². The smallest absolute Gasteiger partial charge is 0.186 e. The molecule has 3 heteroatoms. The first-order chi connectivity index (χ1) is 6.63. The van der Waals surface area contributed by atoms with Gasteiger partial charge in [0.1, 0.15) is 5.58 Å². The number of rotatable bonds is 1. The van der Waals surface area contributed by atoms with Gasteiger partial charge in [-0.05, 0) is 31.0 Å². The number of carbonyl (C=O) groups is 1. The number of furan rings is 1. The molecule has 2 rings (SSSR count). The molecule has 0 aliphatic carbocycles. The standard InChI is InChI=1S/C11H9ClO2/c1-6-3-7(2)11-8(4-6)10(12)9(5-13)14-11/h3-5H,1-2H3. The largest absolute Gasteiger partial charge is 0.451 e. The minimum atomic E-state index is 0.204. The average molecular weight is 209 g/mol. The van der Waals surface area contributed by atoms with Crippen LogP contribution in [-0.4, -0.2) is 6.29 Å².